The van der Waals surface area contributed by atoms with Crippen LogP contribution in [0.25, 0.3) is 22.7 Å². The molecular formula is C19H19ClN4O2Sn. The van der Waals surface area contributed by atoms with Gasteiger partial charge in [0.15, 0.2) is 0 Å². The van der Waals surface area contributed by atoms with E-state index in [-0.39, 0.29) is 11.9 Å². The van der Waals surface area contributed by atoms with E-state index in [9.17, 15) is 5.11 Å². The van der Waals surface area contributed by atoms with Crippen molar-refractivity contribution in [3.63, 3.8) is 0 Å². The van der Waals surface area contributed by atoms with Gasteiger partial charge in [0.1, 0.15) is 0 Å². The number of aromatic nitrogens is 1. The Labute approximate surface area is 165 Å². The predicted octanol–water partition coefficient (Wildman–Crippen LogP) is 5.72. The second-order valence-electron chi connectivity index (χ2n) is 6.30. The number of aromatic amines is 1. The van der Waals surface area contributed by atoms with Crippen molar-refractivity contribution in [3.8, 4) is 5.88 Å². The number of para-hydroxylation sites is 1. The molecule has 3 aromatic rings. The third-order valence-corrected chi connectivity index (χ3v) is 6.12. The average molecular weight is 490 g/mol. The number of benzene rings is 2. The predicted molar refractivity (Wildman–Crippen MR) is 111 cm³/mol. The summed E-state index contributed by atoms with van der Waals surface area (Å²) in [5.41, 5.74) is 2.71. The molecule has 6 nitrogen and oxygen atoms in total. The van der Waals surface area contributed by atoms with Gasteiger partial charge in [-0.25, -0.2) is 0 Å². The molecule has 0 aliphatic carbocycles. The first kappa shape index (κ1) is 19.4. The van der Waals surface area contributed by atoms with Crippen LogP contribution in [0.5, 0.6) is 5.88 Å². The Hall–Kier alpha value is -2.32. The fourth-order valence-electron chi connectivity index (χ4n) is 2.56. The molecule has 0 amide bonds. The molecule has 8 heteroatoms. The van der Waals surface area contributed by atoms with Gasteiger partial charge in [-0.15, -0.1) is 0 Å². The number of H-pyrrole nitrogens is 1. The van der Waals surface area contributed by atoms with Crippen LogP contribution in [0.1, 0.15) is 11.1 Å². The maximum absolute atomic E-state index is 10.3. The molecule has 0 aliphatic heterocycles. The summed E-state index contributed by atoms with van der Waals surface area (Å²) in [6.07, 6.45) is 1.73. The van der Waals surface area contributed by atoms with Crippen molar-refractivity contribution in [1.29, 1.82) is 5.41 Å². The van der Waals surface area contributed by atoms with Crippen LogP contribution < -0.4 is 0 Å². The molecule has 0 spiro atoms. The number of amidine groups is 1. The number of nitrogens with one attached hydrogen (secondary N) is 2. The number of rotatable bonds is 4. The van der Waals surface area contributed by atoms with Crippen molar-refractivity contribution in [2.24, 2.45) is 10.2 Å². The van der Waals surface area contributed by atoms with Gasteiger partial charge in [0, 0.05) is 0 Å². The third kappa shape index (κ3) is 5.11. The molecule has 0 radical (unpaired) electrons. The molecule has 0 bridgehead atoms. The van der Waals surface area contributed by atoms with E-state index in [2.05, 4.69) is 15.2 Å². The summed E-state index contributed by atoms with van der Waals surface area (Å²) in [6.45, 7) is 0. The Balaban J connectivity index is 2.04. The molecule has 138 valence electrons. The Morgan fingerprint density at radius 2 is 1.78 bits per heavy atom. The van der Waals surface area contributed by atoms with E-state index in [0.717, 1.165) is 16.5 Å². The van der Waals surface area contributed by atoms with Crippen molar-refractivity contribution >= 4 is 55.3 Å². The van der Waals surface area contributed by atoms with E-state index < -0.39 is 17.7 Å². The van der Waals surface area contributed by atoms with Gasteiger partial charge in [0.05, 0.1) is 0 Å². The molecule has 2 aromatic carbocycles. The van der Waals surface area contributed by atoms with Gasteiger partial charge in [-0.05, 0) is 0 Å². The van der Waals surface area contributed by atoms with Crippen LogP contribution in [-0.4, -0.2) is 33.8 Å². The zero-order valence-electron chi connectivity index (χ0n) is 14.9. The minimum absolute atomic E-state index is 0.0456. The van der Waals surface area contributed by atoms with Crippen LogP contribution in [0.2, 0.25) is 9.88 Å². The van der Waals surface area contributed by atoms with E-state index in [1.165, 1.54) is 0 Å². The van der Waals surface area contributed by atoms with Gasteiger partial charge in [-0.1, -0.05) is 0 Å². The fourth-order valence-corrected chi connectivity index (χ4v) is 4.48. The fraction of sp³-hybridized carbons (Fsp3) is 0.105. The van der Waals surface area contributed by atoms with E-state index in [0.29, 0.717) is 11.3 Å². The Morgan fingerprint density at radius 3 is 2.48 bits per heavy atom. The second kappa shape index (κ2) is 8.14. The number of fused-ring (bicyclic) bond motifs is 1. The Kier molecular flexibility index (Phi) is 5.86. The molecule has 3 rings (SSSR count). The molecule has 0 saturated heterocycles. The van der Waals surface area contributed by atoms with Crippen molar-refractivity contribution < 1.29 is 8.18 Å². The standard InChI is InChI=1S/C17H14N4O2.2CH3.ClH.Sn/c18-17(23)21-20-15(11-6-2-1-3-7-11)10-13-12-8-4-5-9-14(12)19-16(13)22;;;;/h1-10,19,22H,(H2,18,23);2*1H3;1H;/q;;;;+2/p-2/b15-10-,21-20?;;;;. The van der Waals surface area contributed by atoms with Gasteiger partial charge in [0.25, 0.3) is 0 Å². The molecule has 0 unspecified atom stereocenters. The Morgan fingerprint density at radius 1 is 1.11 bits per heavy atom. The number of hydrogen-bond acceptors (Lipinski definition) is 4. The molecular weight excluding hydrogens is 470 g/mol. The first-order valence-corrected chi connectivity index (χ1v) is 18.8. The van der Waals surface area contributed by atoms with Gasteiger partial charge in [0.2, 0.25) is 0 Å². The summed E-state index contributed by atoms with van der Waals surface area (Å²) in [6, 6.07) is 16.7. The molecule has 0 aliphatic rings. The Bertz CT molecular complexity index is 1020. The second-order valence-corrected chi connectivity index (χ2v) is 20.8. The summed E-state index contributed by atoms with van der Waals surface area (Å²) in [5, 5.41) is 27.1. The van der Waals surface area contributed by atoms with Gasteiger partial charge in [-0.2, -0.15) is 0 Å². The molecule has 1 aromatic heterocycles. The normalized spacial score (nSPS) is 12.6. The summed E-state index contributed by atoms with van der Waals surface area (Å²) in [7, 11) is 6.16. The van der Waals surface area contributed by atoms with E-state index in [1.807, 2.05) is 64.5 Å². The van der Waals surface area contributed by atoms with E-state index in [1.54, 1.807) is 6.08 Å². The number of halogens is 1. The van der Waals surface area contributed by atoms with Crippen LogP contribution in [-0.2, 0) is 3.07 Å². The van der Waals surface area contributed by atoms with E-state index in [4.69, 9.17) is 17.4 Å². The summed E-state index contributed by atoms with van der Waals surface area (Å²) in [5.74, 6) is 0.0456. The van der Waals surface area contributed by atoms with Crippen molar-refractivity contribution in [3.05, 3.63) is 65.7 Å². The molecule has 0 fully saturated rings. The number of aromatic hydroxyl groups is 1. The van der Waals surface area contributed by atoms with Crippen molar-refractivity contribution in [1.82, 2.24) is 4.98 Å². The van der Waals surface area contributed by atoms with Crippen molar-refractivity contribution in [2.75, 3.05) is 0 Å². The number of azo groups is 1. The quantitative estimate of drug-likeness (QED) is 0.189. The average Bonchev–Trinajstić information content (AvgIpc) is 2.93. The SMILES string of the molecule is [CH3][Sn]([CH3])([Cl])[O]C(=N)N=N/C(=C\c1c(O)[nH]c2ccccc12)c1ccccc1. The molecule has 1 heterocycles. The van der Waals surface area contributed by atoms with Gasteiger partial charge < -0.3 is 0 Å². The number of hydrogen-bond donors (Lipinski definition) is 3. The maximum atomic E-state index is 10.3. The third-order valence-electron chi connectivity index (χ3n) is 3.66. The van der Waals surface area contributed by atoms with Crippen molar-refractivity contribution in [2.45, 2.75) is 9.88 Å². The first-order valence-electron chi connectivity index (χ1n) is 8.28. The van der Waals surface area contributed by atoms with Crippen LogP contribution in [0.3, 0.4) is 0 Å². The molecule has 3 N–H and O–H groups in total. The van der Waals surface area contributed by atoms with Gasteiger partial charge >= 0.3 is 166 Å². The molecule has 0 saturated carbocycles. The van der Waals surface area contributed by atoms with Crippen LogP contribution in [0.4, 0.5) is 0 Å². The first-order chi connectivity index (χ1) is 12.8. The monoisotopic (exact) mass is 490 g/mol. The molecule has 0 atom stereocenters. The summed E-state index contributed by atoms with van der Waals surface area (Å²) in [4.78, 5) is 6.58. The minimum atomic E-state index is -3.17. The van der Waals surface area contributed by atoms with Crippen LogP contribution in [0.15, 0.2) is 64.8 Å². The summed E-state index contributed by atoms with van der Waals surface area (Å²) >= 11 is -3.17. The zero-order valence-corrected chi connectivity index (χ0v) is 18.5. The topological polar surface area (TPSA) is 93.8 Å². The van der Waals surface area contributed by atoms with Crippen LogP contribution >= 0.6 is 8.92 Å². The zero-order chi connectivity index (χ0) is 19.4. The number of nitrogens with zero attached hydrogens (tertiary/aromatic N) is 2. The molecule has 27 heavy (non-hydrogen) atoms. The van der Waals surface area contributed by atoms with Gasteiger partial charge in [-0.3, -0.25) is 0 Å². The van der Waals surface area contributed by atoms with Crippen LogP contribution in [0, 0.1) is 5.41 Å². The van der Waals surface area contributed by atoms with E-state index >= 15 is 0 Å². The summed E-state index contributed by atoms with van der Waals surface area (Å²) < 4.78 is 5.37.